The van der Waals surface area contributed by atoms with Gasteiger partial charge in [-0.05, 0) is 24.7 Å². The van der Waals surface area contributed by atoms with Gasteiger partial charge in [0.2, 0.25) is 0 Å². The number of hydrogen-bond acceptors (Lipinski definition) is 4. The fraction of sp³-hybridized carbons (Fsp3) is 0.250. The van der Waals surface area contributed by atoms with Crippen LogP contribution in [0.2, 0.25) is 5.02 Å². The Kier molecular flexibility index (Phi) is 5.70. The monoisotopic (exact) mass is 319 g/mol. The summed E-state index contributed by atoms with van der Waals surface area (Å²) in [7, 11) is 1.85. The molecule has 0 amide bonds. The molecule has 0 aliphatic heterocycles. The van der Waals surface area contributed by atoms with Crippen LogP contribution in [-0.4, -0.2) is 18.6 Å². The van der Waals surface area contributed by atoms with Gasteiger partial charge in [-0.1, -0.05) is 17.7 Å². The minimum absolute atomic E-state index is 0.0635. The molecule has 6 heteroatoms. The number of benzene rings is 1. The molecule has 1 N–H and O–H groups in total. The van der Waals surface area contributed by atoms with Gasteiger partial charge in [0.15, 0.2) is 0 Å². The SMILES string of the molecule is CNC(CCOc1cc(Cl)c(F)cc1C#N)c1cccnc1. The number of aromatic nitrogens is 1. The van der Waals surface area contributed by atoms with E-state index in [1.165, 1.54) is 6.07 Å². The lowest BCUT2D eigenvalue weighted by molar-refractivity contribution is 0.289. The first-order valence-corrected chi connectivity index (χ1v) is 7.12. The molecule has 2 aromatic rings. The molecule has 0 aliphatic carbocycles. The Bertz CT molecular complexity index is 673. The van der Waals surface area contributed by atoms with Gasteiger partial charge in [0.05, 0.1) is 17.2 Å². The molecular weight excluding hydrogens is 305 g/mol. The normalized spacial score (nSPS) is 11.7. The molecule has 0 saturated heterocycles. The molecule has 4 nitrogen and oxygen atoms in total. The minimum atomic E-state index is -0.631. The molecule has 0 spiro atoms. The zero-order chi connectivity index (χ0) is 15.9. The standard InChI is InChI=1S/C16H15ClFN3O/c1-20-15(11-3-2-5-21-10-11)4-6-22-16-8-13(17)14(18)7-12(16)9-19/h2-3,5,7-8,10,15,20H,4,6H2,1H3. The molecular formula is C16H15ClFN3O. The van der Waals surface area contributed by atoms with Gasteiger partial charge in [0, 0.05) is 30.9 Å². The van der Waals surface area contributed by atoms with Crippen molar-refractivity contribution in [3.8, 4) is 11.8 Å². The third-order valence-electron chi connectivity index (χ3n) is 3.24. The van der Waals surface area contributed by atoms with Crippen LogP contribution >= 0.6 is 11.6 Å². The summed E-state index contributed by atoms with van der Waals surface area (Å²) in [5, 5.41) is 12.1. The lowest BCUT2D eigenvalue weighted by Crippen LogP contribution is -2.19. The zero-order valence-electron chi connectivity index (χ0n) is 12.0. The van der Waals surface area contributed by atoms with Crippen LogP contribution in [0.1, 0.15) is 23.6 Å². The quantitative estimate of drug-likeness (QED) is 0.885. The predicted molar refractivity (Wildman–Crippen MR) is 82.3 cm³/mol. The van der Waals surface area contributed by atoms with E-state index in [2.05, 4.69) is 10.3 Å². The van der Waals surface area contributed by atoms with Crippen molar-refractivity contribution >= 4 is 11.6 Å². The molecule has 0 aliphatic rings. The fourth-order valence-corrected chi connectivity index (χ4v) is 2.24. The van der Waals surface area contributed by atoms with Gasteiger partial charge in [0.1, 0.15) is 17.6 Å². The van der Waals surface area contributed by atoms with Crippen molar-refractivity contribution in [3.63, 3.8) is 0 Å². The maximum Gasteiger partial charge on any atom is 0.143 e. The van der Waals surface area contributed by atoms with Crippen LogP contribution in [0.4, 0.5) is 4.39 Å². The number of hydrogen-bond donors (Lipinski definition) is 1. The number of halogens is 2. The first kappa shape index (κ1) is 16.2. The zero-order valence-corrected chi connectivity index (χ0v) is 12.8. The van der Waals surface area contributed by atoms with Crippen LogP contribution in [0.3, 0.4) is 0 Å². The lowest BCUT2D eigenvalue weighted by atomic mass is 10.1. The minimum Gasteiger partial charge on any atom is -0.492 e. The average molecular weight is 320 g/mol. The van der Waals surface area contributed by atoms with Crippen molar-refractivity contribution in [1.82, 2.24) is 10.3 Å². The largest absolute Gasteiger partial charge is 0.492 e. The smallest absolute Gasteiger partial charge is 0.143 e. The summed E-state index contributed by atoms with van der Waals surface area (Å²) >= 11 is 5.72. The maximum atomic E-state index is 13.3. The van der Waals surface area contributed by atoms with E-state index in [9.17, 15) is 4.39 Å². The first-order valence-electron chi connectivity index (χ1n) is 6.75. The Morgan fingerprint density at radius 1 is 1.50 bits per heavy atom. The summed E-state index contributed by atoms with van der Waals surface area (Å²) in [6.45, 7) is 0.358. The second-order valence-electron chi connectivity index (χ2n) is 4.64. The van der Waals surface area contributed by atoms with Gasteiger partial charge in [-0.3, -0.25) is 4.98 Å². The Labute approximate surface area is 133 Å². The van der Waals surface area contributed by atoms with E-state index >= 15 is 0 Å². The Morgan fingerprint density at radius 3 is 2.95 bits per heavy atom. The van der Waals surface area contributed by atoms with Crippen LogP contribution in [0.25, 0.3) is 0 Å². The number of nitrogens with zero attached hydrogens (tertiary/aromatic N) is 2. The Hall–Kier alpha value is -2.16. The second-order valence-corrected chi connectivity index (χ2v) is 5.05. The van der Waals surface area contributed by atoms with E-state index < -0.39 is 5.82 Å². The molecule has 1 aromatic heterocycles. The van der Waals surface area contributed by atoms with Crippen molar-refractivity contribution in [2.24, 2.45) is 0 Å². The van der Waals surface area contributed by atoms with Gasteiger partial charge in [0.25, 0.3) is 0 Å². The number of nitriles is 1. The summed E-state index contributed by atoms with van der Waals surface area (Å²) < 4.78 is 18.9. The first-order chi connectivity index (χ1) is 10.7. The lowest BCUT2D eigenvalue weighted by Gasteiger charge is -2.17. The van der Waals surface area contributed by atoms with Gasteiger partial charge >= 0.3 is 0 Å². The Balaban J connectivity index is 2.02. The van der Waals surface area contributed by atoms with E-state index in [1.54, 1.807) is 12.4 Å². The van der Waals surface area contributed by atoms with Gasteiger partial charge in [-0.15, -0.1) is 0 Å². The fourth-order valence-electron chi connectivity index (χ4n) is 2.08. The molecule has 1 unspecified atom stereocenters. The maximum absolute atomic E-state index is 13.3. The van der Waals surface area contributed by atoms with Crippen molar-refractivity contribution in [3.05, 3.63) is 58.6 Å². The third-order valence-corrected chi connectivity index (χ3v) is 3.53. The highest BCUT2D eigenvalue weighted by Crippen LogP contribution is 2.26. The van der Waals surface area contributed by atoms with Crippen LogP contribution in [-0.2, 0) is 0 Å². The van der Waals surface area contributed by atoms with Gasteiger partial charge in [-0.25, -0.2) is 4.39 Å². The van der Waals surface area contributed by atoms with Crippen molar-refractivity contribution in [1.29, 1.82) is 5.26 Å². The summed E-state index contributed by atoms with van der Waals surface area (Å²) in [5.41, 5.74) is 1.18. The molecule has 1 aromatic carbocycles. The van der Waals surface area contributed by atoms with E-state index in [0.29, 0.717) is 13.0 Å². The summed E-state index contributed by atoms with van der Waals surface area (Å²) in [5.74, 6) is -0.344. The molecule has 0 saturated carbocycles. The third kappa shape index (κ3) is 3.94. The van der Waals surface area contributed by atoms with Gasteiger partial charge in [-0.2, -0.15) is 5.26 Å². The highest BCUT2D eigenvalue weighted by molar-refractivity contribution is 6.30. The molecule has 114 valence electrons. The molecule has 0 fully saturated rings. The van der Waals surface area contributed by atoms with Crippen LogP contribution < -0.4 is 10.1 Å². The van der Waals surface area contributed by atoms with E-state index in [-0.39, 0.29) is 22.4 Å². The molecule has 0 radical (unpaired) electrons. The van der Waals surface area contributed by atoms with Crippen molar-refractivity contribution < 1.29 is 9.13 Å². The molecule has 22 heavy (non-hydrogen) atoms. The van der Waals surface area contributed by atoms with E-state index in [1.807, 2.05) is 25.2 Å². The van der Waals surface area contributed by atoms with Crippen LogP contribution in [0.15, 0.2) is 36.7 Å². The molecule has 0 bridgehead atoms. The van der Waals surface area contributed by atoms with Gasteiger partial charge < -0.3 is 10.1 Å². The number of ether oxygens (including phenoxy) is 1. The highest BCUT2D eigenvalue weighted by atomic mass is 35.5. The summed E-state index contributed by atoms with van der Waals surface area (Å²) in [6.07, 6.45) is 4.17. The van der Waals surface area contributed by atoms with Crippen molar-refractivity contribution in [2.75, 3.05) is 13.7 Å². The van der Waals surface area contributed by atoms with Crippen molar-refractivity contribution in [2.45, 2.75) is 12.5 Å². The van der Waals surface area contributed by atoms with Crippen LogP contribution in [0.5, 0.6) is 5.75 Å². The molecule has 1 heterocycles. The Morgan fingerprint density at radius 2 is 2.32 bits per heavy atom. The van der Waals surface area contributed by atoms with Crippen LogP contribution in [0, 0.1) is 17.1 Å². The number of rotatable bonds is 6. The summed E-state index contributed by atoms with van der Waals surface area (Å²) in [6, 6.07) is 8.23. The van der Waals surface area contributed by atoms with E-state index in [4.69, 9.17) is 21.6 Å². The summed E-state index contributed by atoms with van der Waals surface area (Å²) in [4.78, 5) is 4.09. The average Bonchev–Trinajstić information content (AvgIpc) is 2.55. The predicted octanol–water partition coefficient (Wildman–Crippen LogP) is 3.48. The number of pyridine rings is 1. The molecule has 2 rings (SSSR count). The molecule has 1 atom stereocenters. The topological polar surface area (TPSA) is 57.9 Å². The number of nitrogens with one attached hydrogen (secondary N) is 1. The van der Waals surface area contributed by atoms with E-state index in [0.717, 1.165) is 11.6 Å². The highest BCUT2D eigenvalue weighted by Gasteiger charge is 2.12. The second kappa shape index (κ2) is 7.74.